The van der Waals surface area contributed by atoms with Gasteiger partial charge in [-0.1, -0.05) is 17.3 Å². The highest BCUT2D eigenvalue weighted by Gasteiger charge is 2.23. The average molecular weight is 366 g/mol. The van der Waals surface area contributed by atoms with E-state index < -0.39 is 0 Å². The predicted octanol–water partition coefficient (Wildman–Crippen LogP) is 4.16. The van der Waals surface area contributed by atoms with Crippen LogP contribution in [0.4, 0.5) is 0 Å². The molecule has 140 valence electrons. The van der Waals surface area contributed by atoms with Crippen molar-refractivity contribution in [1.29, 1.82) is 0 Å². The van der Waals surface area contributed by atoms with Gasteiger partial charge in [-0.2, -0.15) is 0 Å². The average Bonchev–Trinajstić information content (AvgIpc) is 3.09. The normalized spacial score (nSPS) is 11.7. The number of ether oxygens (including phenoxy) is 2. The molecule has 27 heavy (non-hydrogen) atoms. The lowest BCUT2D eigenvalue weighted by atomic mass is 10.0. The maximum Gasteiger partial charge on any atom is 0.257 e. The first-order valence-corrected chi connectivity index (χ1v) is 8.59. The Hall–Kier alpha value is -3.28. The second kappa shape index (κ2) is 7.95. The number of hydrogen-bond donors (Lipinski definition) is 1. The summed E-state index contributed by atoms with van der Waals surface area (Å²) in [4.78, 5) is 12.9. The molecule has 1 amide bonds. The molecule has 0 radical (unpaired) electrons. The van der Waals surface area contributed by atoms with Crippen molar-refractivity contribution >= 4 is 5.91 Å². The standard InChI is InChI=1S/C21H22N2O4/c1-13(15-5-9-17(25-3)10-6-15)22-21(24)19-14(2)23-27-20(19)16-7-11-18(26-4)12-8-16/h5-13H,1-4H3,(H,22,24)/t13-/m0/s1. The molecular weight excluding hydrogens is 344 g/mol. The summed E-state index contributed by atoms with van der Waals surface area (Å²) in [6.07, 6.45) is 0. The molecule has 1 heterocycles. The van der Waals surface area contributed by atoms with Crippen molar-refractivity contribution in [3.05, 3.63) is 65.4 Å². The number of amides is 1. The van der Waals surface area contributed by atoms with Crippen LogP contribution in [0, 0.1) is 6.92 Å². The molecule has 2 aromatic carbocycles. The number of aromatic nitrogens is 1. The Balaban J connectivity index is 1.82. The molecule has 1 aromatic heterocycles. The first kappa shape index (κ1) is 18.5. The Morgan fingerprint density at radius 3 is 2.11 bits per heavy atom. The van der Waals surface area contributed by atoms with E-state index in [0.717, 1.165) is 22.6 Å². The molecule has 6 heteroatoms. The highest BCUT2D eigenvalue weighted by Crippen LogP contribution is 2.28. The number of aryl methyl sites for hydroxylation is 1. The summed E-state index contributed by atoms with van der Waals surface area (Å²) in [5, 5.41) is 6.98. The number of carbonyl (C=O) groups excluding carboxylic acids is 1. The van der Waals surface area contributed by atoms with Gasteiger partial charge in [0.25, 0.3) is 5.91 Å². The molecule has 0 saturated carbocycles. The van der Waals surface area contributed by atoms with Gasteiger partial charge >= 0.3 is 0 Å². The molecule has 0 aliphatic rings. The summed E-state index contributed by atoms with van der Waals surface area (Å²) in [6.45, 7) is 3.68. The molecule has 1 N–H and O–H groups in total. The summed E-state index contributed by atoms with van der Waals surface area (Å²) < 4.78 is 15.8. The van der Waals surface area contributed by atoms with Crippen molar-refractivity contribution in [1.82, 2.24) is 10.5 Å². The molecule has 0 unspecified atom stereocenters. The predicted molar refractivity (Wildman–Crippen MR) is 102 cm³/mol. The van der Waals surface area contributed by atoms with E-state index in [4.69, 9.17) is 14.0 Å². The van der Waals surface area contributed by atoms with Gasteiger partial charge in [-0.25, -0.2) is 0 Å². The van der Waals surface area contributed by atoms with Crippen molar-refractivity contribution in [3.8, 4) is 22.8 Å². The van der Waals surface area contributed by atoms with E-state index in [9.17, 15) is 4.79 Å². The fourth-order valence-electron chi connectivity index (χ4n) is 2.82. The minimum absolute atomic E-state index is 0.179. The van der Waals surface area contributed by atoms with E-state index in [0.29, 0.717) is 17.0 Å². The van der Waals surface area contributed by atoms with Crippen LogP contribution in [0.2, 0.25) is 0 Å². The lowest BCUT2D eigenvalue weighted by Crippen LogP contribution is -2.27. The van der Waals surface area contributed by atoms with Gasteiger partial charge in [-0.3, -0.25) is 4.79 Å². The number of nitrogens with one attached hydrogen (secondary N) is 1. The summed E-state index contributed by atoms with van der Waals surface area (Å²) in [7, 11) is 3.22. The SMILES string of the molecule is COc1ccc(-c2onc(C)c2C(=O)N[C@@H](C)c2ccc(OC)cc2)cc1. The van der Waals surface area contributed by atoms with Crippen molar-refractivity contribution < 1.29 is 18.8 Å². The van der Waals surface area contributed by atoms with Crippen molar-refractivity contribution in [2.24, 2.45) is 0 Å². The zero-order valence-electron chi connectivity index (χ0n) is 15.8. The van der Waals surface area contributed by atoms with E-state index in [1.807, 2.05) is 55.5 Å². The lowest BCUT2D eigenvalue weighted by molar-refractivity contribution is 0.0939. The van der Waals surface area contributed by atoms with Crippen LogP contribution >= 0.6 is 0 Å². The van der Waals surface area contributed by atoms with Crippen LogP contribution < -0.4 is 14.8 Å². The summed E-state index contributed by atoms with van der Waals surface area (Å²) >= 11 is 0. The van der Waals surface area contributed by atoms with Gasteiger partial charge in [0.15, 0.2) is 5.76 Å². The Morgan fingerprint density at radius 2 is 1.56 bits per heavy atom. The highest BCUT2D eigenvalue weighted by molar-refractivity contribution is 6.00. The van der Waals surface area contributed by atoms with Gasteiger partial charge in [0, 0.05) is 5.56 Å². The third-order valence-electron chi connectivity index (χ3n) is 4.41. The van der Waals surface area contributed by atoms with Gasteiger partial charge in [0.1, 0.15) is 17.1 Å². The van der Waals surface area contributed by atoms with Gasteiger partial charge in [0.2, 0.25) is 0 Å². The minimum atomic E-state index is -0.233. The topological polar surface area (TPSA) is 73.6 Å². The second-order valence-corrected chi connectivity index (χ2v) is 6.17. The van der Waals surface area contributed by atoms with E-state index >= 15 is 0 Å². The first-order chi connectivity index (χ1) is 13.0. The number of rotatable bonds is 6. The summed E-state index contributed by atoms with van der Waals surface area (Å²) in [5.41, 5.74) is 2.71. The largest absolute Gasteiger partial charge is 0.497 e. The third kappa shape index (κ3) is 3.95. The van der Waals surface area contributed by atoms with Crippen LogP contribution in [0.1, 0.15) is 34.6 Å². The Labute approximate surface area is 158 Å². The number of hydrogen-bond acceptors (Lipinski definition) is 5. The molecule has 0 fully saturated rings. The van der Waals surface area contributed by atoms with Crippen molar-refractivity contribution in [3.63, 3.8) is 0 Å². The van der Waals surface area contributed by atoms with Crippen molar-refractivity contribution in [2.75, 3.05) is 14.2 Å². The minimum Gasteiger partial charge on any atom is -0.497 e. The van der Waals surface area contributed by atoms with E-state index in [1.165, 1.54) is 0 Å². The number of carbonyl (C=O) groups is 1. The second-order valence-electron chi connectivity index (χ2n) is 6.17. The first-order valence-electron chi connectivity index (χ1n) is 8.59. The van der Waals surface area contributed by atoms with Crippen LogP contribution in [0.15, 0.2) is 53.1 Å². The molecule has 3 rings (SSSR count). The van der Waals surface area contributed by atoms with Gasteiger partial charge in [-0.05, 0) is 55.8 Å². The van der Waals surface area contributed by atoms with Gasteiger partial charge in [-0.15, -0.1) is 0 Å². The molecule has 0 aliphatic heterocycles. The lowest BCUT2D eigenvalue weighted by Gasteiger charge is -2.15. The highest BCUT2D eigenvalue weighted by atomic mass is 16.5. The van der Waals surface area contributed by atoms with Gasteiger partial charge < -0.3 is 19.3 Å². The monoisotopic (exact) mass is 366 g/mol. The van der Waals surface area contributed by atoms with Crippen LogP contribution in [0.5, 0.6) is 11.5 Å². The van der Waals surface area contributed by atoms with E-state index in [1.54, 1.807) is 21.1 Å². The fourth-order valence-corrected chi connectivity index (χ4v) is 2.82. The van der Waals surface area contributed by atoms with E-state index in [2.05, 4.69) is 10.5 Å². The zero-order chi connectivity index (χ0) is 19.4. The summed E-state index contributed by atoms with van der Waals surface area (Å²) in [6, 6.07) is 14.7. The Kier molecular flexibility index (Phi) is 5.45. The molecule has 3 aromatic rings. The molecule has 0 saturated heterocycles. The maximum atomic E-state index is 12.9. The fraction of sp³-hybridized carbons (Fsp3) is 0.238. The number of benzene rings is 2. The zero-order valence-corrected chi connectivity index (χ0v) is 15.8. The quantitative estimate of drug-likeness (QED) is 0.709. The van der Waals surface area contributed by atoms with Crippen LogP contribution in [0.3, 0.4) is 0 Å². The van der Waals surface area contributed by atoms with Crippen LogP contribution in [-0.4, -0.2) is 25.3 Å². The number of nitrogens with zero attached hydrogens (tertiary/aromatic N) is 1. The van der Waals surface area contributed by atoms with Crippen LogP contribution in [-0.2, 0) is 0 Å². The molecule has 0 aliphatic carbocycles. The number of methoxy groups -OCH3 is 2. The maximum absolute atomic E-state index is 12.9. The molecule has 0 spiro atoms. The molecule has 0 bridgehead atoms. The summed E-state index contributed by atoms with van der Waals surface area (Å²) in [5.74, 6) is 1.71. The third-order valence-corrected chi connectivity index (χ3v) is 4.41. The van der Waals surface area contributed by atoms with E-state index in [-0.39, 0.29) is 11.9 Å². The van der Waals surface area contributed by atoms with Crippen molar-refractivity contribution in [2.45, 2.75) is 19.9 Å². The van der Waals surface area contributed by atoms with Gasteiger partial charge in [0.05, 0.1) is 26.0 Å². The molecule has 1 atom stereocenters. The molecular formula is C21H22N2O4. The van der Waals surface area contributed by atoms with Crippen LogP contribution in [0.25, 0.3) is 11.3 Å². The Bertz CT molecular complexity index is 914. The Morgan fingerprint density at radius 1 is 1.00 bits per heavy atom. The molecule has 6 nitrogen and oxygen atoms in total. The smallest absolute Gasteiger partial charge is 0.257 e.